The average molecular weight is 279 g/mol. The molecule has 1 N–H and O–H groups in total. The van der Waals surface area contributed by atoms with Crippen LogP contribution in [-0.4, -0.2) is 10.9 Å². The molecule has 0 aliphatic heterocycles. The second-order valence-corrected chi connectivity index (χ2v) is 4.54. The predicted molar refractivity (Wildman–Crippen MR) is 73.1 cm³/mol. The molecule has 0 radical (unpaired) electrons. The van der Waals surface area contributed by atoms with Gasteiger partial charge in [0.1, 0.15) is 5.82 Å². The molecular weight excluding hydrogens is 267 g/mol. The lowest BCUT2D eigenvalue weighted by Gasteiger charge is -2.10. The van der Waals surface area contributed by atoms with Crippen molar-refractivity contribution in [1.82, 2.24) is 4.98 Å². The Morgan fingerprint density at radius 1 is 1.26 bits per heavy atom. The number of amides is 1. The van der Waals surface area contributed by atoms with Crippen LogP contribution in [0.5, 0.6) is 0 Å². The Bertz CT molecular complexity index is 626. The second-order valence-electron chi connectivity index (χ2n) is 4.16. The van der Waals surface area contributed by atoms with Gasteiger partial charge in [-0.2, -0.15) is 0 Å². The monoisotopic (exact) mass is 278 g/mol. The Hall–Kier alpha value is -1.94. The number of hydrogen-bond donors (Lipinski definition) is 1. The van der Waals surface area contributed by atoms with Crippen LogP contribution in [0.15, 0.2) is 30.5 Å². The Morgan fingerprint density at radius 2 is 1.89 bits per heavy atom. The number of carbonyl (C=O) groups is 1. The van der Waals surface area contributed by atoms with Gasteiger partial charge in [-0.15, -0.1) is 0 Å². The number of hydrogen-bond acceptors (Lipinski definition) is 2. The SMILES string of the molecule is Cc1ncc(NC(=O)c2ccc(F)cc2)c(C)c1Cl. The molecule has 19 heavy (non-hydrogen) atoms. The van der Waals surface area contributed by atoms with Gasteiger partial charge in [0, 0.05) is 5.56 Å². The van der Waals surface area contributed by atoms with E-state index in [9.17, 15) is 9.18 Å². The lowest BCUT2D eigenvalue weighted by molar-refractivity contribution is 0.102. The van der Waals surface area contributed by atoms with Crippen molar-refractivity contribution in [3.63, 3.8) is 0 Å². The van der Waals surface area contributed by atoms with Crippen LogP contribution < -0.4 is 5.32 Å². The van der Waals surface area contributed by atoms with Gasteiger partial charge in [0.25, 0.3) is 5.91 Å². The van der Waals surface area contributed by atoms with Crippen LogP contribution in [0.25, 0.3) is 0 Å². The summed E-state index contributed by atoms with van der Waals surface area (Å²) in [6.45, 7) is 3.60. The lowest BCUT2D eigenvalue weighted by Crippen LogP contribution is -2.13. The minimum Gasteiger partial charge on any atom is -0.320 e. The molecule has 0 aliphatic carbocycles. The molecule has 2 rings (SSSR count). The van der Waals surface area contributed by atoms with Gasteiger partial charge in [0.15, 0.2) is 0 Å². The van der Waals surface area contributed by atoms with Crippen LogP contribution in [0, 0.1) is 19.7 Å². The van der Waals surface area contributed by atoms with E-state index >= 15 is 0 Å². The molecule has 0 fully saturated rings. The molecule has 0 saturated carbocycles. The third-order valence-electron chi connectivity index (χ3n) is 2.79. The summed E-state index contributed by atoms with van der Waals surface area (Å²) < 4.78 is 12.8. The van der Waals surface area contributed by atoms with Crippen LogP contribution in [0.3, 0.4) is 0 Å². The first-order chi connectivity index (χ1) is 8.99. The lowest BCUT2D eigenvalue weighted by atomic mass is 10.2. The quantitative estimate of drug-likeness (QED) is 0.909. The summed E-state index contributed by atoms with van der Waals surface area (Å²) in [4.78, 5) is 16.1. The highest BCUT2D eigenvalue weighted by Crippen LogP contribution is 2.25. The van der Waals surface area contributed by atoms with Gasteiger partial charge >= 0.3 is 0 Å². The average Bonchev–Trinajstić information content (AvgIpc) is 2.40. The number of carbonyl (C=O) groups excluding carboxylic acids is 1. The molecule has 0 aliphatic rings. The van der Waals surface area contributed by atoms with Crippen LogP contribution in [0.4, 0.5) is 10.1 Å². The highest BCUT2D eigenvalue weighted by molar-refractivity contribution is 6.32. The Labute approximate surface area is 115 Å². The van der Waals surface area contributed by atoms with Gasteiger partial charge in [-0.3, -0.25) is 9.78 Å². The van der Waals surface area contributed by atoms with Crippen molar-refractivity contribution < 1.29 is 9.18 Å². The van der Waals surface area contributed by atoms with E-state index in [1.807, 2.05) is 0 Å². The van der Waals surface area contributed by atoms with Crippen LogP contribution in [0.1, 0.15) is 21.6 Å². The van der Waals surface area contributed by atoms with E-state index in [1.165, 1.54) is 24.3 Å². The van der Waals surface area contributed by atoms with Gasteiger partial charge in [0.2, 0.25) is 0 Å². The van der Waals surface area contributed by atoms with Crippen LogP contribution >= 0.6 is 11.6 Å². The maximum absolute atomic E-state index is 12.8. The normalized spacial score (nSPS) is 10.3. The smallest absolute Gasteiger partial charge is 0.255 e. The molecule has 2 aromatic rings. The summed E-state index contributed by atoms with van der Waals surface area (Å²) in [5, 5.41) is 3.23. The molecular formula is C14H12ClFN2O. The summed E-state index contributed by atoms with van der Waals surface area (Å²) in [5.74, 6) is -0.711. The molecule has 0 spiro atoms. The molecule has 0 saturated heterocycles. The Kier molecular flexibility index (Phi) is 3.81. The highest BCUT2D eigenvalue weighted by Gasteiger charge is 2.11. The van der Waals surface area contributed by atoms with E-state index in [0.717, 1.165) is 5.56 Å². The van der Waals surface area contributed by atoms with E-state index in [0.29, 0.717) is 22.0 Å². The van der Waals surface area contributed by atoms with E-state index in [2.05, 4.69) is 10.3 Å². The van der Waals surface area contributed by atoms with Gasteiger partial charge in [0.05, 0.1) is 22.6 Å². The Balaban J connectivity index is 2.24. The first kappa shape index (κ1) is 13.5. The van der Waals surface area contributed by atoms with Gasteiger partial charge in [-0.05, 0) is 43.7 Å². The number of aromatic nitrogens is 1. The fourth-order valence-corrected chi connectivity index (χ4v) is 1.78. The van der Waals surface area contributed by atoms with Gasteiger partial charge in [-0.25, -0.2) is 4.39 Å². The van der Waals surface area contributed by atoms with E-state index in [1.54, 1.807) is 20.0 Å². The molecule has 0 atom stereocenters. The number of pyridine rings is 1. The number of benzene rings is 1. The highest BCUT2D eigenvalue weighted by atomic mass is 35.5. The molecule has 3 nitrogen and oxygen atoms in total. The summed E-state index contributed by atoms with van der Waals surface area (Å²) in [7, 11) is 0. The molecule has 5 heteroatoms. The number of halogens is 2. The standard InChI is InChI=1S/C14H12ClFN2O/c1-8-12(7-17-9(2)13(8)15)18-14(19)10-3-5-11(16)6-4-10/h3-7H,1-2H3,(H,18,19). The maximum Gasteiger partial charge on any atom is 0.255 e. The topological polar surface area (TPSA) is 42.0 Å². The molecule has 1 heterocycles. The molecule has 1 aromatic heterocycles. The number of nitrogens with zero attached hydrogens (tertiary/aromatic N) is 1. The summed E-state index contributed by atoms with van der Waals surface area (Å²) in [6, 6.07) is 5.32. The summed E-state index contributed by atoms with van der Waals surface area (Å²) in [6.07, 6.45) is 1.55. The van der Waals surface area contributed by atoms with Gasteiger partial charge in [-0.1, -0.05) is 11.6 Å². The maximum atomic E-state index is 12.8. The first-order valence-electron chi connectivity index (χ1n) is 5.67. The molecule has 1 amide bonds. The number of aryl methyl sites for hydroxylation is 1. The minimum absolute atomic E-state index is 0.329. The summed E-state index contributed by atoms with van der Waals surface area (Å²) >= 11 is 6.07. The predicted octanol–water partition coefficient (Wildman–Crippen LogP) is 3.74. The van der Waals surface area contributed by atoms with E-state index in [-0.39, 0.29) is 11.7 Å². The van der Waals surface area contributed by atoms with Crippen molar-refractivity contribution in [3.05, 3.63) is 58.1 Å². The number of rotatable bonds is 2. The third kappa shape index (κ3) is 2.90. The van der Waals surface area contributed by atoms with Crippen molar-refractivity contribution in [2.24, 2.45) is 0 Å². The fraction of sp³-hybridized carbons (Fsp3) is 0.143. The zero-order chi connectivity index (χ0) is 14.0. The first-order valence-corrected chi connectivity index (χ1v) is 6.05. The van der Waals surface area contributed by atoms with Crippen molar-refractivity contribution >= 4 is 23.2 Å². The zero-order valence-electron chi connectivity index (χ0n) is 10.5. The molecule has 0 unspecified atom stereocenters. The van der Waals surface area contributed by atoms with Gasteiger partial charge < -0.3 is 5.32 Å². The zero-order valence-corrected chi connectivity index (χ0v) is 11.3. The minimum atomic E-state index is -0.382. The van der Waals surface area contributed by atoms with Crippen LogP contribution in [0.2, 0.25) is 5.02 Å². The van der Waals surface area contributed by atoms with Crippen molar-refractivity contribution in [1.29, 1.82) is 0 Å². The second kappa shape index (κ2) is 5.36. The van der Waals surface area contributed by atoms with Crippen molar-refractivity contribution in [3.8, 4) is 0 Å². The number of nitrogens with one attached hydrogen (secondary N) is 1. The fourth-order valence-electron chi connectivity index (χ4n) is 1.63. The van der Waals surface area contributed by atoms with E-state index < -0.39 is 0 Å². The molecule has 1 aromatic carbocycles. The number of anilines is 1. The van der Waals surface area contributed by atoms with Crippen molar-refractivity contribution in [2.75, 3.05) is 5.32 Å². The summed E-state index contributed by atoms with van der Waals surface area (Å²) in [5.41, 5.74) is 2.38. The third-order valence-corrected chi connectivity index (χ3v) is 3.35. The van der Waals surface area contributed by atoms with Crippen molar-refractivity contribution in [2.45, 2.75) is 13.8 Å². The van der Waals surface area contributed by atoms with E-state index in [4.69, 9.17) is 11.6 Å². The Morgan fingerprint density at radius 3 is 2.53 bits per heavy atom. The van der Waals surface area contributed by atoms with Crippen LogP contribution in [-0.2, 0) is 0 Å². The molecule has 0 bridgehead atoms. The largest absolute Gasteiger partial charge is 0.320 e. The molecule has 98 valence electrons.